The van der Waals surface area contributed by atoms with Crippen LogP contribution in [0, 0.1) is 13.8 Å². The SMILES string of the molecule is CCCNc1nc(CC)nc(Oc2cccc(C)c2)c1C. The Morgan fingerprint density at radius 1 is 1.14 bits per heavy atom. The van der Waals surface area contributed by atoms with Crippen molar-refractivity contribution in [2.45, 2.75) is 40.5 Å². The molecule has 4 nitrogen and oxygen atoms in total. The fourth-order valence-electron chi connectivity index (χ4n) is 2.00. The van der Waals surface area contributed by atoms with Crippen LogP contribution in [-0.2, 0) is 6.42 Å². The van der Waals surface area contributed by atoms with Crippen molar-refractivity contribution in [2.24, 2.45) is 0 Å². The van der Waals surface area contributed by atoms with Crippen LogP contribution in [0.4, 0.5) is 5.82 Å². The van der Waals surface area contributed by atoms with Crippen LogP contribution in [0.25, 0.3) is 0 Å². The second-order valence-corrected chi connectivity index (χ2v) is 5.12. The Morgan fingerprint density at radius 3 is 2.62 bits per heavy atom. The van der Waals surface area contributed by atoms with E-state index in [1.807, 2.05) is 45.0 Å². The normalized spacial score (nSPS) is 10.5. The van der Waals surface area contributed by atoms with Crippen LogP contribution in [0.1, 0.15) is 37.2 Å². The lowest BCUT2D eigenvalue weighted by Crippen LogP contribution is -2.08. The molecule has 0 saturated carbocycles. The Morgan fingerprint density at radius 2 is 1.95 bits per heavy atom. The molecular weight excluding hydrogens is 262 g/mol. The van der Waals surface area contributed by atoms with Crippen LogP contribution < -0.4 is 10.1 Å². The molecule has 4 heteroatoms. The molecule has 1 N–H and O–H groups in total. The van der Waals surface area contributed by atoms with Crippen LogP contribution in [0.5, 0.6) is 11.6 Å². The van der Waals surface area contributed by atoms with E-state index in [9.17, 15) is 0 Å². The van der Waals surface area contributed by atoms with E-state index >= 15 is 0 Å². The van der Waals surface area contributed by atoms with E-state index in [2.05, 4.69) is 22.2 Å². The second-order valence-electron chi connectivity index (χ2n) is 5.12. The van der Waals surface area contributed by atoms with Gasteiger partial charge >= 0.3 is 0 Å². The molecule has 21 heavy (non-hydrogen) atoms. The smallest absolute Gasteiger partial charge is 0.227 e. The van der Waals surface area contributed by atoms with Gasteiger partial charge < -0.3 is 10.1 Å². The van der Waals surface area contributed by atoms with E-state index in [1.165, 1.54) is 5.56 Å². The van der Waals surface area contributed by atoms with Gasteiger partial charge in [-0.05, 0) is 38.0 Å². The summed E-state index contributed by atoms with van der Waals surface area (Å²) < 4.78 is 5.96. The molecule has 1 heterocycles. The number of aryl methyl sites for hydroxylation is 2. The average Bonchev–Trinajstić information content (AvgIpc) is 2.48. The Kier molecular flexibility index (Phi) is 5.14. The summed E-state index contributed by atoms with van der Waals surface area (Å²) in [6.07, 6.45) is 1.84. The molecule has 0 radical (unpaired) electrons. The molecule has 0 saturated heterocycles. The fraction of sp³-hybridized carbons (Fsp3) is 0.412. The molecule has 1 aromatic carbocycles. The molecule has 0 unspecified atom stereocenters. The third kappa shape index (κ3) is 3.94. The van der Waals surface area contributed by atoms with E-state index in [0.29, 0.717) is 5.88 Å². The maximum absolute atomic E-state index is 5.96. The van der Waals surface area contributed by atoms with Gasteiger partial charge in [-0.1, -0.05) is 26.0 Å². The van der Waals surface area contributed by atoms with Gasteiger partial charge in [0.25, 0.3) is 0 Å². The summed E-state index contributed by atoms with van der Waals surface area (Å²) in [4.78, 5) is 9.06. The van der Waals surface area contributed by atoms with Crippen LogP contribution in [-0.4, -0.2) is 16.5 Å². The summed E-state index contributed by atoms with van der Waals surface area (Å²) in [7, 11) is 0. The second kappa shape index (κ2) is 7.07. The first kappa shape index (κ1) is 15.3. The highest BCUT2D eigenvalue weighted by atomic mass is 16.5. The number of aromatic nitrogens is 2. The highest BCUT2D eigenvalue weighted by Crippen LogP contribution is 2.27. The molecular formula is C17H23N3O. The summed E-state index contributed by atoms with van der Waals surface area (Å²) in [6, 6.07) is 7.98. The lowest BCUT2D eigenvalue weighted by atomic mass is 10.2. The number of hydrogen-bond donors (Lipinski definition) is 1. The van der Waals surface area contributed by atoms with Crippen molar-refractivity contribution in [3.05, 3.63) is 41.2 Å². The van der Waals surface area contributed by atoms with Crippen molar-refractivity contribution in [2.75, 3.05) is 11.9 Å². The summed E-state index contributed by atoms with van der Waals surface area (Å²) in [6.45, 7) is 9.11. The van der Waals surface area contributed by atoms with Crippen LogP contribution in [0.3, 0.4) is 0 Å². The molecule has 0 spiro atoms. The van der Waals surface area contributed by atoms with Crippen LogP contribution in [0.15, 0.2) is 24.3 Å². The minimum absolute atomic E-state index is 0.631. The minimum atomic E-state index is 0.631. The zero-order valence-corrected chi connectivity index (χ0v) is 13.2. The maximum atomic E-state index is 5.96. The average molecular weight is 285 g/mol. The van der Waals surface area contributed by atoms with E-state index in [-0.39, 0.29) is 0 Å². The molecule has 112 valence electrons. The lowest BCUT2D eigenvalue weighted by Gasteiger charge is -2.14. The topological polar surface area (TPSA) is 47.0 Å². The zero-order chi connectivity index (χ0) is 15.2. The highest BCUT2D eigenvalue weighted by Gasteiger charge is 2.12. The Bertz CT molecular complexity index is 611. The van der Waals surface area contributed by atoms with Gasteiger partial charge in [-0.2, -0.15) is 4.98 Å². The Balaban J connectivity index is 2.33. The molecule has 0 aliphatic rings. The predicted molar refractivity (Wildman–Crippen MR) is 86.2 cm³/mol. The minimum Gasteiger partial charge on any atom is -0.439 e. The van der Waals surface area contributed by atoms with Crippen molar-refractivity contribution in [3.8, 4) is 11.6 Å². The predicted octanol–water partition coefficient (Wildman–Crippen LogP) is 4.27. The van der Waals surface area contributed by atoms with Crippen molar-refractivity contribution < 1.29 is 4.74 Å². The summed E-state index contributed by atoms with van der Waals surface area (Å²) in [5, 5.41) is 3.34. The maximum Gasteiger partial charge on any atom is 0.227 e. The lowest BCUT2D eigenvalue weighted by molar-refractivity contribution is 0.454. The largest absolute Gasteiger partial charge is 0.439 e. The number of anilines is 1. The molecule has 0 bridgehead atoms. The van der Waals surface area contributed by atoms with Crippen LogP contribution in [0.2, 0.25) is 0 Å². The number of ether oxygens (including phenoxy) is 1. The molecule has 0 atom stereocenters. The Labute approximate surface area is 126 Å². The van der Waals surface area contributed by atoms with Crippen molar-refractivity contribution in [1.82, 2.24) is 9.97 Å². The van der Waals surface area contributed by atoms with Gasteiger partial charge in [0.1, 0.15) is 17.4 Å². The third-order valence-corrected chi connectivity index (χ3v) is 3.21. The molecule has 2 rings (SSSR count). The Hall–Kier alpha value is -2.10. The van der Waals surface area contributed by atoms with Gasteiger partial charge in [-0.3, -0.25) is 0 Å². The standard InChI is InChI=1S/C17H23N3O/c1-5-10-18-16-13(4)17(20-15(6-2)19-16)21-14-9-7-8-12(3)11-14/h7-9,11H,5-6,10H2,1-4H3,(H,18,19,20). The molecule has 2 aromatic rings. The number of nitrogens with zero attached hydrogens (tertiary/aromatic N) is 2. The van der Waals surface area contributed by atoms with Gasteiger partial charge in [0, 0.05) is 13.0 Å². The summed E-state index contributed by atoms with van der Waals surface area (Å²) in [5.41, 5.74) is 2.11. The number of benzene rings is 1. The molecule has 0 amide bonds. The fourth-order valence-corrected chi connectivity index (χ4v) is 2.00. The zero-order valence-electron chi connectivity index (χ0n) is 13.2. The van der Waals surface area contributed by atoms with E-state index in [4.69, 9.17) is 4.74 Å². The molecule has 0 fully saturated rings. The molecule has 1 aromatic heterocycles. The van der Waals surface area contributed by atoms with Crippen molar-refractivity contribution in [1.29, 1.82) is 0 Å². The van der Waals surface area contributed by atoms with Crippen LogP contribution >= 0.6 is 0 Å². The highest BCUT2D eigenvalue weighted by molar-refractivity contribution is 5.49. The summed E-state index contributed by atoms with van der Waals surface area (Å²) >= 11 is 0. The van der Waals surface area contributed by atoms with Gasteiger partial charge in [0.2, 0.25) is 5.88 Å². The molecule has 0 aliphatic heterocycles. The van der Waals surface area contributed by atoms with E-state index in [1.54, 1.807) is 0 Å². The number of rotatable bonds is 6. The van der Waals surface area contributed by atoms with E-state index < -0.39 is 0 Å². The van der Waals surface area contributed by atoms with Crippen molar-refractivity contribution >= 4 is 5.82 Å². The quantitative estimate of drug-likeness (QED) is 0.861. The van der Waals surface area contributed by atoms with Gasteiger partial charge in [-0.15, -0.1) is 0 Å². The number of hydrogen-bond acceptors (Lipinski definition) is 4. The van der Waals surface area contributed by atoms with Gasteiger partial charge in [0.15, 0.2) is 0 Å². The first-order chi connectivity index (χ1) is 10.1. The first-order valence-electron chi connectivity index (χ1n) is 7.50. The molecule has 0 aliphatic carbocycles. The number of nitrogens with one attached hydrogen (secondary N) is 1. The van der Waals surface area contributed by atoms with Gasteiger partial charge in [-0.25, -0.2) is 4.98 Å². The van der Waals surface area contributed by atoms with Crippen molar-refractivity contribution in [3.63, 3.8) is 0 Å². The van der Waals surface area contributed by atoms with E-state index in [0.717, 1.165) is 42.3 Å². The van der Waals surface area contributed by atoms with Gasteiger partial charge in [0.05, 0.1) is 5.56 Å². The third-order valence-electron chi connectivity index (χ3n) is 3.21. The monoisotopic (exact) mass is 285 g/mol. The summed E-state index contributed by atoms with van der Waals surface area (Å²) in [5.74, 6) is 3.10. The first-order valence-corrected chi connectivity index (χ1v) is 7.50.